The third-order valence-electron chi connectivity index (χ3n) is 3.98. The van der Waals surface area contributed by atoms with Gasteiger partial charge in [-0.3, -0.25) is 0 Å². The minimum absolute atomic E-state index is 0.205. The summed E-state index contributed by atoms with van der Waals surface area (Å²) in [5.74, 6) is 0. The van der Waals surface area contributed by atoms with Crippen molar-refractivity contribution in [3.63, 3.8) is 0 Å². The SMILES string of the molecule is CCC(O)C(CCN(C)C)(CN(C)C)c1ccccc1. The van der Waals surface area contributed by atoms with Crippen LogP contribution in [0.5, 0.6) is 0 Å². The number of hydrogen-bond donors (Lipinski definition) is 1. The van der Waals surface area contributed by atoms with Crippen LogP contribution in [0.4, 0.5) is 0 Å². The van der Waals surface area contributed by atoms with Crippen molar-refractivity contribution in [1.82, 2.24) is 9.80 Å². The second-order valence-corrected chi connectivity index (χ2v) is 6.24. The lowest BCUT2D eigenvalue weighted by Gasteiger charge is -2.41. The predicted octanol–water partition coefficient (Wildman–Crippen LogP) is 2.21. The molecule has 20 heavy (non-hydrogen) atoms. The molecule has 0 spiro atoms. The summed E-state index contributed by atoms with van der Waals surface area (Å²) >= 11 is 0. The van der Waals surface area contributed by atoms with Crippen LogP contribution < -0.4 is 0 Å². The Morgan fingerprint density at radius 1 is 1.05 bits per heavy atom. The topological polar surface area (TPSA) is 26.7 Å². The fraction of sp³-hybridized carbons (Fsp3) is 0.647. The molecule has 1 N–H and O–H groups in total. The summed E-state index contributed by atoms with van der Waals surface area (Å²) in [6.07, 6.45) is 1.40. The minimum Gasteiger partial charge on any atom is -0.392 e. The Bertz CT molecular complexity index is 378. The zero-order valence-corrected chi connectivity index (χ0v) is 13.6. The van der Waals surface area contributed by atoms with Crippen molar-refractivity contribution in [1.29, 1.82) is 0 Å². The van der Waals surface area contributed by atoms with Crippen LogP contribution in [-0.4, -0.2) is 62.3 Å². The summed E-state index contributed by atoms with van der Waals surface area (Å²) in [5, 5.41) is 10.7. The molecule has 0 bridgehead atoms. The number of nitrogens with zero attached hydrogens (tertiary/aromatic N) is 2. The molecule has 0 aliphatic carbocycles. The van der Waals surface area contributed by atoms with E-state index in [2.05, 4.69) is 69.2 Å². The molecule has 0 aliphatic rings. The van der Waals surface area contributed by atoms with Gasteiger partial charge < -0.3 is 14.9 Å². The average Bonchev–Trinajstić information content (AvgIpc) is 2.43. The molecule has 2 atom stereocenters. The van der Waals surface area contributed by atoms with Crippen molar-refractivity contribution in [3.05, 3.63) is 35.9 Å². The second-order valence-electron chi connectivity index (χ2n) is 6.24. The number of hydrogen-bond acceptors (Lipinski definition) is 3. The van der Waals surface area contributed by atoms with E-state index in [1.807, 2.05) is 6.07 Å². The Morgan fingerprint density at radius 3 is 2.10 bits per heavy atom. The highest BCUT2D eigenvalue weighted by molar-refractivity contribution is 5.28. The Labute approximate surface area is 124 Å². The number of likely N-dealkylation sites (N-methyl/N-ethyl adjacent to an activating group) is 1. The molecule has 0 aromatic heterocycles. The summed E-state index contributed by atoms with van der Waals surface area (Å²) < 4.78 is 0. The zero-order valence-electron chi connectivity index (χ0n) is 13.6. The maximum Gasteiger partial charge on any atom is 0.0647 e. The molecule has 0 radical (unpaired) electrons. The second kappa shape index (κ2) is 7.77. The Kier molecular flexibility index (Phi) is 6.66. The van der Waals surface area contributed by atoms with Gasteiger partial charge in [0.15, 0.2) is 0 Å². The van der Waals surface area contributed by atoms with Crippen molar-refractivity contribution in [2.24, 2.45) is 0 Å². The summed E-state index contributed by atoms with van der Waals surface area (Å²) in [6.45, 7) is 3.90. The van der Waals surface area contributed by atoms with Crippen molar-refractivity contribution >= 4 is 0 Å². The number of aliphatic hydroxyl groups is 1. The number of rotatable bonds is 8. The Hall–Kier alpha value is -0.900. The van der Waals surface area contributed by atoms with E-state index in [4.69, 9.17) is 0 Å². The Morgan fingerprint density at radius 2 is 1.65 bits per heavy atom. The normalized spacial score (nSPS) is 16.4. The fourth-order valence-corrected chi connectivity index (χ4v) is 2.93. The highest BCUT2D eigenvalue weighted by Crippen LogP contribution is 2.34. The molecule has 0 aliphatic heterocycles. The average molecular weight is 278 g/mol. The highest BCUT2D eigenvalue weighted by Gasteiger charge is 2.38. The standard InChI is InChI=1S/C17H30N2O/c1-6-16(20)17(14-19(4)5,12-13-18(2)3)15-10-8-7-9-11-15/h7-11,16,20H,6,12-14H2,1-5H3. The lowest BCUT2D eigenvalue weighted by molar-refractivity contribution is 0.0478. The first-order valence-corrected chi connectivity index (χ1v) is 7.45. The molecule has 1 rings (SSSR count). The van der Waals surface area contributed by atoms with Gasteiger partial charge in [-0.2, -0.15) is 0 Å². The van der Waals surface area contributed by atoms with Crippen molar-refractivity contribution < 1.29 is 5.11 Å². The molecule has 3 heteroatoms. The van der Waals surface area contributed by atoms with Gasteiger partial charge >= 0.3 is 0 Å². The molecule has 3 nitrogen and oxygen atoms in total. The van der Waals surface area contributed by atoms with Crippen LogP contribution in [0.25, 0.3) is 0 Å². The van der Waals surface area contributed by atoms with Crippen LogP contribution in [0, 0.1) is 0 Å². The third-order valence-corrected chi connectivity index (χ3v) is 3.98. The van der Waals surface area contributed by atoms with Gasteiger partial charge in [0.05, 0.1) is 6.10 Å². The largest absolute Gasteiger partial charge is 0.392 e. The summed E-state index contributed by atoms with van der Waals surface area (Å²) in [7, 11) is 8.33. The van der Waals surface area contributed by atoms with E-state index < -0.39 is 0 Å². The minimum atomic E-state index is -0.327. The molecule has 0 heterocycles. The number of benzene rings is 1. The van der Waals surface area contributed by atoms with Crippen molar-refractivity contribution in [2.75, 3.05) is 41.3 Å². The molecular formula is C17H30N2O. The molecule has 0 amide bonds. The monoisotopic (exact) mass is 278 g/mol. The van der Waals surface area contributed by atoms with Crippen LogP contribution in [0.3, 0.4) is 0 Å². The summed E-state index contributed by atoms with van der Waals surface area (Å²) in [4.78, 5) is 4.37. The first kappa shape index (κ1) is 17.2. The quantitative estimate of drug-likeness (QED) is 0.790. The van der Waals surface area contributed by atoms with Crippen molar-refractivity contribution in [2.45, 2.75) is 31.3 Å². The molecule has 1 aromatic carbocycles. The van der Waals surface area contributed by atoms with Gasteiger partial charge in [-0.05, 0) is 53.1 Å². The van der Waals surface area contributed by atoms with E-state index in [1.54, 1.807) is 0 Å². The van der Waals surface area contributed by atoms with E-state index in [0.29, 0.717) is 0 Å². The van der Waals surface area contributed by atoms with Gasteiger partial charge in [0.2, 0.25) is 0 Å². The van der Waals surface area contributed by atoms with E-state index >= 15 is 0 Å². The zero-order chi connectivity index (χ0) is 15.2. The third kappa shape index (κ3) is 4.30. The molecule has 0 fully saturated rings. The highest BCUT2D eigenvalue weighted by atomic mass is 16.3. The van der Waals surface area contributed by atoms with Gasteiger partial charge in [0.1, 0.15) is 0 Å². The molecular weight excluding hydrogens is 248 g/mol. The van der Waals surface area contributed by atoms with Crippen LogP contribution in [-0.2, 0) is 5.41 Å². The molecule has 2 unspecified atom stereocenters. The predicted molar refractivity (Wildman–Crippen MR) is 86.1 cm³/mol. The molecule has 0 saturated carbocycles. The smallest absolute Gasteiger partial charge is 0.0647 e. The molecule has 0 saturated heterocycles. The van der Waals surface area contributed by atoms with Gasteiger partial charge in [-0.25, -0.2) is 0 Å². The van der Waals surface area contributed by atoms with Gasteiger partial charge in [-0.15, -0.1) is 0 Å². The van der Waals surface area contributed by atoms with E-state index in [-0.39, 0.29) is 11.5 Å². The lowest BCUT2D eigenvalue weighted by atomic mass is 9.71. The lowest BCUT2D eigenvalue weighted by Crippen LogP contribution is -2.48. The van der Waals surface area contributed by atoms with Gasteiger partial charge in [0.25, 0.3) is 0 Å². The summed E-state index contributed by atoms with van der Waals surface area (Å²) in [5.41, 5.74) is 1.04. The molecule has 114 valence electrons. The van der Waals surface area contributed by atoms with Gasteiger partial charge in [-0.1, -0.05) is 37.3 Å². The van der Waals surface area contributed by atoms with Crippen LogP contribution >= 0.6 is 0 Å². The maximum atomic E-state index is 10.7. The van der Waals surface area contributed by atoms with Gasteiger partial charge in [0, 0.05) is 12.0 Å². The van der Waals surface area contributed by atoms with E-state index in [9.17, 15) is 5.11 Å². The fourth-order valence-electron chi connectivity index (χ4n) is 2.93. The number of aliphatic hydroxyl groups excluding tert-OH is 1. The van der Waals surface area contributed by atoms with Crippen LogP contribution in [0.15, 0.2) is 30.3 Å². The van der Waals surface area contributed by atoms with Crippen LogP contribution in [0.2, 0.25) is 0 Å². The molecule has 1 aromatic rings. The maximum absolute atomic E-state index is 10.7. The first-order chi connectivity index (χ1) is 9.42. The van der Waals surface area contributed by atoms with Crippen molar-refractivity contribution in [3.8, 4) is 0 Å². The Balaban J connectivity index is 3.18. The summed E-state index contributed by atoms with van der Waals surface area (Å²) in [6, 6.07) is 10.5. The van der Waals surface area contributed by atoms with E-state index in [1.165, 1.54) is 5.56 Å². The van der Waals surface area contributed by atoms with E-state index in [0.717, 1.165) is 25.9 Å². The first-order valence-electron chi connectivity index (χ1n) is 7.45. The van der Waals surface area contributed by atoms with Crippen LogP contribution in [0.1, 0.15) is 25.3 Å².